The average molecular weight is 340 g/mol. The molecule has 1 heterocycles. The number of aromatic amines is 1. The molecular weight excluding hydrogens is 323 g/mol. The number of hydrogen-bond acceptors (Lipinski definition) is 3. The fraction of sp³-hybridized carbons (Fsp3) is 0.158. The topological polar surface area (TPSA) is 71.2 Å². The van der Waals surface area contributed by atoms with Crippen molar-refractivity contribution in [1.29, 1.82) is 0 Å². The predicted octanol–water partition coefficient (Wildman–Crippen LogP) is 2.65. The van der Waals surface area contributed by atoms with Gasteiger partial charge >= 0.3 is 0 Å². The Morgan fingerprint density at radius 3 is 2.80 bits per heavy atom. The molecular formula is C19H17FN2O3. The number of methoxy groups -OCH3 is 1. The monoisotopic (exact) mass is 340 g/mol. The van der Waals surface area contributed by atoms with Crippen LogP contribution in [-0.4, -0.2) is 24.5 Å². The normalized spacial score (nSPS) is 10.6. The molecule has 0 aliphatic heterocycles. The zero-order valence-electron chi connectivity index (χ0n) is 13.6. The molecule has 3 rings (SSSR count). The molecule has 2 N–H and O–H groups in total. The Morgan fingerprint density at radius 2 is 2.04 bits per heavy atom. The second-order valence-electron chi connectivity index (χ2n) is 5.59. The van der Waals surface area contributed by atoms with E-state index in [1.807, 2.05) is 6.07 Å². The van der Waals surface area contributed by atoms with Crippen LogP contribution in [0.1, 0.15) is 15.9 Å². The summed E-state index contributed by atoms with van der Waals surface area (Å²) < 4.78 is 18.3. The van der Waals surface area contributed by atoms with Gasteiger partial charge in [0.2, 0.25) is 0 Å². The highest BCUT2D eigenvalue weighted by Crippen LogP contribution is 2.18. The van der Waals surface area contributed by atoms with Crippen LogP contribution in [0.25, 0.3) is 10.9 Å². The maximum atomic E-state index is 13.1. The van der Waals surface area contributed by atoms with Crippen molar-refractivity contribution in [3.63, 3.8) is 0 Å². The Balaban J connectivity index is 1.71. The van der Waals surface area contributed by atoms with Crippen molar-refractivity contribution < 1.29 is 13.9 Å². The van der Waals surface area contributed by atoms with E-state index in [9.17, 15) is 14.0 Å². The summed E-state index contributed by atoms with van der Waals surface area (Å²) in [5.74, 6) is -0.143. The number of pyridine rings is 1. The van der Waals surface area contributed by atoms with Crippen molar-refractivity contribution in [2.24, 2.45) is 0 Å². The van der Waals surface area contributed by atoms with Gasteiger partial charge in [-0.3, -0.25) is 9.59 Å². The summed E-state index contributed by atoms with van der Waals surface area (Å²) in [7, 11) is 1.58. The van der Waals surface area contributed by atoms with E-state index in [4.69, 9.17) is 4.74 Å². The highest BCUT2D eigenvalue weighted by atomic mass is 19.1. The van der Waals surface area contributed by atoms with E-state index < -0.39 is 5.82 Å². The molecule has 25 heavy (non-hydrogen) atoms. The molecule has 0 bridgehead atoms. The van der Waals surface area contributed by atoms with E-state index in [-0.39, 0.29) is 23.6 Å². The fourth-order valence-corrected chi connectivity index (χ4v) is 2.59. The van der Waals surface area contributed by atoms with Crippen LogP contribution in [0.5, 0.6) is 5.75 Å². The maximum Gasteiger partial charge on any atom is 0.251 e. The van der Waals surface area contributed by atoms with Crippen molar-refractivity contribution in [3.05, 3.63) is 75.8 Å². The average Bonchev–Trinajstić information content (AvgIpc) is 2.61. The number of fused-ring (bicyclic) bond motifs is 1. The Bertz CT molecular complexity index is 982. The van der Waals surface area contributed by atoms with Gasteiger partial charge in [0.25, 0.3) is 11.5 Å². The molecule has 1 aromatic heterocycles. The summed E-state index contributed by atoms with van der Waals surface area (Å²) >= 11 is 0. The fourth-order valence-electron chi connectivity index (χ4n) is 2.59. The number of rotatable bonds is 5. The molecule has 0 spiro atoms. The van der Waals surface area contributed by atoms with E-state index in [0.29, 0.717) is 17.7 Å². The lowest BCUT2D eigenvalue weighted by molar-refractivity contribution is 0.0953. The molecule has 5 nitrogen and oxygen atoms in total. The molecule has 0 fully saturated rings. The molecule has 0 saturated carbocycles. The first kappa shape index (κ1) is 16.7. The quantitative estimate of drug-likeness (QED) is 0.750. The second kappa shape index (κ2) is 7.17. The van der Waals surface area contributed by atoms with Gasteiger partial charge < -0.3 is 15.0 Å². The summed E-state index contributed by atoms with van der Waals surface area (Å²) in [6.45, 7) is 0.272. The van der Waals surface area contributed by atoms with Crippen LogP contribution >= 0.6 is 0 Å². The summed E-state index contributed by atoms with van der Waals surface area (Å²) in [6, 6.07) is 12.6. The van der Waals surface area contributed by atoms with Gasteiger partial charge in [-0.25, -0.2) is 4.39 Å². The van der Waals surface area contributed by atoms with Crippen molar-refractivity contribution in [2.75, 3.05) is 13.7 Å². The maximum absolute atomic E-state index is 13.1. The number of H-pyrrole nitrogens is 1. The first-order valence-corrected chi connectivity index (χ1v) is 7.80. The van der Waals surface area contributed by atoms with Gasteiger partial charge in [0, 0.05) is 28.6 Å². The lowest BCUT2D eigenvalue weighted by atomic mass is 10.1. The van der Waals surface area contributed by atoms with Crippen molar-refractivity contribution in [2.45, 2.75) is 6.42 Å². The molecule has 1 amide bonds. The van der Waals surface area contributed by atoms with Crippen LogP contribution in [0.15, 0.2) is 53.3 Å². The number of amides is 1. The third-order valence-electron chi connectivity index (χ3n) is 3.90. The summed E-state index contributed by atoms with van der Waals surface area (Å²) in [5.41, 5.74) is 1.33. The molecule has 0 saturated heterocycles. The van der Waals surface area contributed by atoms with E-state index >= 15 is 0 Å². The van der Waals surface area contributed by atoms with Crippen molar-refractivity contribution in [1.82, 2.24) is 10.3 Å². The number of hydrogen-bond donors (Lipinski definition) is 2. The molecule has 6 heteroatoms. The largest absolute Gasteiger partial charge is 0.497 e. The first-order valence-electron chi connectivity index (χ1n) is 7.80. The van der Waals surface area contributed by atoms with Gasteiger partial charge in [-0.15, -0.1) is 0 Å². The lowest BCUT2D eigenvalue weighted by Gasteiger charge is -2.07. The summed E-state index contributed by atoms with van der Waals surface area (Å²) in [5, 5.41) is 3.54. The second-order valence-corrected chi connectivity index (χ2v) is 5.59. The minimum atomic E-state index is -0.465. The SMILES string of the molecule is COc1ccc2[nH]c(=O)c(CCNC(=O)c3cccc(F)c3)cc2c1. The van der Waals surface area contributed by atoms with Crippen LogP contribution in [-0.2, 0) is 6.42 Å². The summed E-state index contributed by atoms with van der Waals surface area (Å²) in [6.07, 6.45) is 0.365. The van der Waals surface area contributed by atoms with Gasteiger partial charge in [0.1, 0.15) is 11.6 Å². The summed E-state index contributed by atoms with van der Waals surface area (Å²) in [4.78, 5) is 26.9. The van der Waals surface area contributed by atoms with E-state index in [1.165, 1.54) is 24.3 Å². The minimum Gasteiger partial charge on any atom is -0.497 e. The number of halogens is 1. The van der Waals surface area contributed by atoms with Crippen molar-refractivity contribution in [3.8, 4) is 5.75 Å². The predicted molar refractivity (Wildman–Crippen MR) is 93.6 cm³/mol. The Kier molecular flexibility index (Phi) is 4.79. The van der Waals surface area contributed by atoms with Crippen LogP contribution in [0.2, 0.25) is 0 Å². The molecule has 2 aromatic carbocycles. The van der Waals surface area contributed by atoms with Gasteiger partial charge in [0.05, 0.1) is 7.11 Å². The van der Waals surface area contributed by atoms with E-state index in [2.05, 4.69) is 10.3 Å². The lowest BCUT2D eigenvalue weighted by Crippen LogP contribution is -2.27. The number of benzene rings is 2. The Hall–Kier alpha value is -3.15. The van der Waals surface area contributed by atoms with Crippen LogP contribution in [0.3, 0.4) is 0 Å². The van der Waals surface area contributed by atoms with Gasteiger partial charge in [-0.05, 0) is 48.9 Å². The standard InChI is InChI=1S/C19H17FN2O3/c1-25-16-5-6-17-14(11-16)9-13(19(24)22-17)7-8-21-18(23)12-3-2-4-15(20)10-12/h2-6,9-11H,7-8H2,1H3,(H,21,23)(H,22,24). The van der Waals surface area contributed by atoms with Crippen LogP contribution in [0, 0.1) is 5.82 Å². The smallest absolute Gasteiger partial charge is 0.251 e. The Labute approximate surface area is 143 Å². The molecule has 0 atom stereocenters. The van der Waals surface area contributed by atoms with Gasteiger partial charge in [-0.1, -0.05) is 6.07 Å². The van der Waals surface area contributed by atoms with Crippen LogP contribution in [0.4, 0.5) is 4.39 Å². The number of aromatic nitrogens is 1. The van der Waals surface area contributed by atoms with E-state index in [1.54, 1.807) is 25.3 Å². The van der Waals surface area contributed by atoms with Gasteiger partial charge in [-0.2, -0.15) is 0 Å². The van der Waals surface area contributed by atoms with Crippen molar-refractivity contribution >= 4 is 16.8 Å². The number of carbonyl (C=O) groups excluding carboxylic acids is 1. The Morgan fingerprint density at radius 1 is 1.20 bits per heavy atom. The zero-order valence-corrected chi connectivity index (χ0v) is 13.6. The molecule has 0 aliphatic rings. The third-order valence-corrected chi connectivity index (χ3v) is 3.90. The highest BCUT2D eigenvalue weighted by molar-refractivity contribution is 5.94. The van der Waals surface area contributed by atoms with E-state index in [0.717, 1.165) is 10.9 Å². The number of carbonyl (C=O) groups is 1. The number of nitrogens with one attached hydrogen (secondary N) is 2. The molecule has 128 valence electrons. The minimum absolute atomic E-state index is 0.197. The number of ether oxygens (including phenoxy) is 1. The van der Waals surface area contributed by atoms with Gasteiger partial charge in [0.15, 0.2) is 0 Å². The molecule has 0 unspecified atom stereocenters. The first-order chi connectivity index (χ1) is 12.1. The third kappa shape index (κ3) is 3.85. The van der Waals surface area contributed by atoms with Crippen LogP contribution < -0.4 is 15.6 Å². The zero-order chi connectivity index (χ0) is 17.8. The highest BCUT2D eigenvalue weighted by Gasteiger charge is 2.08. The molecule has 3 aromatic rings. The molecule has 0 radical (unpaired) electrons. The molecule has 0 aliphatic carbocycles.